The molecule has 1 aromatic carbocycles. The van der Waals surface area contributed by atoms with Crippen molar-refractivity contribution in [1.82, 2.24) is 9.29 Å². The van der Waals surface area contributed by atoms with E-state index >= 15 is 0 Å². The van der Waals surface area contributed by atoms with E-state index in [0.29, 0.717) is 18.5 Å². The summed E-state index contributed by atoms with van der Waals surface area (Å²) in [6, 6.07) is 8.57. The highest BCUT2D eigenvalue weighted by Gasteiger charge is 2.33. The van der Waals surface area contributed by atoms with E-state index in [-0.39, 0.29) is 35.0 Å². The third kappa shape index (κ3) is 4.03. The van der Waals surface area contributed by atoms with Gasteiger partial charge in [0.05, 0.1) is 0 Å². The highest BCUT2D eigenvalue weighted by Crippen LogP contribution is 2.27. The fourth-order valence-electron chi connectivity index (χ4n) is 2.87. The predicted molar refractivity (Wildman–Crippen MR) is 95.8 cm³/mol. The summed E-state index contributed by atoms with van der Waals surface area (Å²) in [6.45, 7) is 0.406. The lowest BCUT2D eigenvalue weighted by Gasteiger charge is -2.30. The van der Waals surface area contributed by atoms with Gasteiger partial charge in [-0.25, -0.2) is 17.8 Å². The molecule has 1 amide bonds. The third-order valence-corrected chi connectivity index (χ3v) is 6.60. The number of carbonyl (C=O) groups is 1. The Morgan fingerprint density at radius 1 is 1.23 bits per heavy atom. The molecule has 2 heterocycles. The van der Waals surface area contributed by atoms with Gasteiger partial charge in [0.2, 0.25) is 15.9 Å². The van der Waals surface area contributed by atoms with Crippen molar-refractivity contribution in [3.63, 3.8) is 0 Å². The summed E-state index contributed by atoms with van der Waals surface area (Å²) < 4.78 is 39.8. The molecule has 0 saturated carbocycles. The molecule has 3 rings (SSSR count). The second-order valence-electron chi connectivity index (χ2n) is 5.97. The van der Waals surface area contributed by atoms with Crippen LogP contribution in [0.1, 0.15) is 12.8 Å². The number of piperidine rings is 1. The zero-order valence-electron chi connectivity index (χ0n) is 13.7. The average Bonchev–Trinajstić information content (AvgIpc) is 2.62. The Kier molecular flexibility index (Phi) is 5.55. The zero-order valence-corrected chi connectivity index (χ0v) is 15.3. The molecule has 6 nitrogen and oxygen atoms in total. The number of anilines is 1. The lowest BCUT2D eigenvalue weighted by Crippen LogP contribution is -2.41. The lowest BCUT2D eigenvalue weighted by molar-refractivity contribution is -0.120. The number of pyridine rings is 1. The smallest absolute Gasteiger partial charge is 0.246 e. The summed E-state index contributed by atoms with van der Waals surface area (Å²) in [5.41, 5.74) is 0.382. The van der Waals surface area contributed by atoms with E-state index in [9.17, 15) is 17.6 Å². The molecule has 9 heteroatoms. The maximum atomic E-state index is 13.2. The van der Waals surface area contributed by atoms with Crippen molar-refractivity contribution >= 4 is 33.2 Å². The van der Waals surface area contributed by atoms with Crippen molar-refractivity contribution in [1.29, 1.82) is 0 Å². The Morgan fingerprint density at radius 3 is 2.62 bits per heavy atom. The number of benzene rings is 1. The van der Waals surface area contributed by atoms with Gasteiger partial charge in [-0.05, 0) is 43.2 Å². The molecule has 138 valence electrons. The van der Waals surface area contributed by atoms with Gasteiger partial charge in [0.15, 0.2) is 0 Å². The number of aromatic nitrogens is 1. The summed E-state index contributed by atoms with van der Waals surface area (Å²) in [7, 11) is -3.75. The number of sulfonamides is 1. The SMILES string of the molecule is O=C(Nc1cccc(F)c1)C1CCN(S(=O)(=O)c2cccnc2Cl)CC1. The van der Waals surface area contributed by atoms with Crippen LogP contribution in [0.5, 0.6) is 0 Å². The van der Waals surface area contributed by atoms with E-state index in [0.717, 1.165) is 0 Å². The topological polar surface area (TPSA) is 79.4 Å². The minimum absolute atomic E-state index is 0.0377. The van der Waals surface area contributed by atoms with E-state index in [1.54, 1.807) is 6.07 Å². The highest BCUT2D eigenvalue weighted by molar-refractivity contribution is 7.89. The number of halogens is 2. The molecule has 0 bridgehead atoms. The molecule has 0 radical (unpaired) electrons. The third-order valence-electron chi connectivity index (χ3n) is 4.26. The molecule has 0 spiro atoms. The second-order valence-corrected chi connectivity index (χ2v) is 8.23. The molecule has 1 aromatic heterocycles. The van der Waals surface area contributed by atoms with Crippen LogP contribution in [0.2, 0.25) is 5.15 Å². The van der Waals surface area contributed by atoms with Gasteiger partial charge in [-0.3, -0.25) is 4.79 Å². The van der Waals surface area contributed by atoms with Gasteiger partial charge in [0.1, 0.15) is 15.9 Å². The Morgan fingerprint density at radius 2 is 1.96 bits per heavy atom. The predicted octanol–water partition coefficient (Wildman–Crippen LogP) is 2.91. The fraction of sp³-hybridized carbons (Fsp3) is 0.294. The van der Waals surface area contributed by atoms with Crippen LogP contribution in [-0.4, -0.2) is 36.7 Å². The van der Waals surface area contributed by atoms with Crippen molar-refractivity contribution in [2.75, 3.05) is 18.4 Å². The maximum Gasteiger partial charge on any atom is 0.246 e. The van der Waals surface area contributed by atoms with Gasteiger partial charge in [-0.2, -0.15) is 4.31 Å². The number of rotatable bonds is 4. The molecule has 1 saturated heterocycles. The van der Waals surface area contributed by atoms with Crippen molar-refractivity contribution < 1.29 is 17.6 Å². The number of hydrogen-bond donors (Lipinski definition) is 1. The van der Waals surface area contributed by atoms with Crippen LogP contribution in [0.25, 0.3) is 0 Å². The Bertz CT molecular complexity index is 915. The van der Waals surface area contributed by atoms with Gasteiger partial charge in [-0.15, -0.1) is 0 Å². The van der Waals surface area contributed by atoms with Crippen LogP contribution in [0, 0.1) is 11.7 Å². The Labute approximate surface area is 156 Å². The minimum Gasteiger partial charge on any atom is -0.326 e. The highest BCUT2D eigenvalue weighted by atomic mass is 35.5. The van der Waals surface area contributed by atoms with E-state index in [1.807, 2.05) is 0 Å². The van der Waals surface area contributed by atoms with Gasteiger partial charge < -0.3 is 5.32 Å². The maximum absolute atomic E-state index is 13.2. The van der Waals surface area contributed by atoms with E-state index in [4.69, 9.17) is 11.6 Å². The standard InChI is InChI=1S/C17H17ClFN3O3S/c18-16-15(5-2-8-20-16)26(24,25)22-9-6-12(7-10-22)17(23)21-14-4-1-3-13(19)11-14/h1-5,8,11-12H,6-7,9-10H2,(H,21,23). The van der Waals surface area contributed by atoms with Crippen molar-refractivity contribution in [2.45, 2.75) is 17.7 Å². The number of hydrogen-bond acceptors (Lipinski definition) is 4. The molecular formula is C17H17ClFN3O3S. The first-order chi connectivity index (χ1) is 12.4. The second kappa shape index (κ2) is 7.69. The monoisotopic (exact) mass is 397 g/mol. The molecule has 0 atom stereocenters. The normalized spacial score (nSPS) is 16.4. The lowest BCUT2D eigenvalue weighted by atomic mass is 9.97. The van der Waals surface area contributed by atoms with Crippen molar-refractivity contribution in [3.05, 3.63) is 53.6 Å². The summed E-state index contributed by atoms with van der Waals surface area (Å²) in [6.07, 6.45) is 2.17. The van der Waals surface area contributed by atoms with Crippen LogP contribution < -0.4 is 5.32 Å². The first-order valence-corrected chi connectivity index (χ1v) is 9.87. The number of carbonyl (C=O) groups excluding carboxylic acids is 1. The first kappa shape index (κ1) is 18.8. The summed E-state index contributed by atoms with van der Waals surface area (Å²) in [5.74, 6) is -1.02. The first-order valence-electron chi connectivity index (χ1n) is 8.05. The molecule has 1 N–H and O–H groups in total. The molecule has 1 aliphatic heterocycles. The van der Waals surface area contributed by atoms with Gasteiger partial charge in [0, 0.05) is 30.9 Å². The van der Waals surface area contributed by atoms with Gasteiger partial charge in [0.25, 0.3) is 0 Å². The molecule has 0 aliphatic carbocycles. The van der Waals surface area contributed by atoms with Crippen molar-refractivity contribution in [2.24, 2.45) is 5.92 Å². The number of amides is 1. The fourth-order valence-corrected chi connectivity index (χ4v) is 4.77. The molecule has 1 aliphatic rings. The van der Waals surface area contributed by atoms with E-state index in [1.165, 1.54) is 40.8 Å². The zero-order chi connectivity index (χ0) is 18.7. The largest absolute Gasteiger partial charge is 0.326 e. The average molecular weight is 398 g/mol. The summed E-state index contributed by atoms with van der Waals surface area (Å²) in [5, 5.41) is 2.60. The Hall–Kier alpha value is -2.03. The van der Waals surface area contributed by atoms with E-state index < -0.39 is 15.8 Å². The van der Waals surface area contributed by atoms with Gasteiger partial charge in [-0.1, -0.05) is 17.7 Å². The molecule has 26 heavy (non-hydrogen) atoms. The molecular weight excluding hydrogens is 381 g/mol. The molecule has 2 aromatic rings. The van der Waals surface area contributed by atoms with Crippen LogP contribution >= 0.6 is 11.6 Å². The van der Waals surface area contributed by atoms with Gasteiger partial charge >= 0.3 is 0 Å². The minimum atomic E-state index is -3.75. The quantitative estimate of drug-likeness (QED) is 0.804. The van der Waals surface area contributed by atoms with Crippen LogP contribution in [0.4, 0.5) is 10.1 Å². The van der Waals surface area contributed by atoms with Crippen molar-refractivity contribution in [3.8, 4) is 0 Å². The van der Waals surface area contributed by atoms with E-state index in [2.05, 4.69) is 10.3 Å². The van der Waals surface area contributed by atoms with Crippen LogP contribution in [0.15, 0.2) is 47.5 Å². The summed E-state index contributed by atoms with van der Waals surface area (Å²) >= 11 is 5.90. The van der Waals surface area contributed by atoms with Crippen LogP contribution in [0.3, 0.4) is 0 Å². The van der Waals surface area contributed by atoms with Crippen LogP contribution in [-0.2, 0) is 14.8 Å². The number of nitrogens with zero attached hydrogens (tertiary/aromatic N) is 2. The Balaban J connectivity index is 1.64. The molecule has 1 fully saturated rings. The summed E-state index contributed by atoms with van der Waals surface area (Å²) in [4.78, 5) is 16.1. The number of nitrogens with one attached hydrogen (secondary N) is 1. The molecule has 0 unspecified atom stereocenters.